The lowest BCUT2D eigenvalue weighted by molar-refractivity contribution is -0.178. The zero-order valence-electron chi connectivity index (χ0n) is 12.1. The van der Waals surface area contributed by atoms with Gasteiger partial charge in [0.15, 0.2) is 5.41 Å². The zero-order chi connectivity index (χ0) is 16.0. The van der Waals surface area contributed by atoms with Gasteiger partial charge in [0, 0.05) is 11.7 Å². The molecule has 0 aromatic heterocycles. The maximum atomic E-state index is 12.1. The molecule has 0 N–H and O–H groups in total. The summed E-state index contributed by atoms with van der Waals surface area (Å²) in [4.78, 5) is 24.2. The molecule has 6 nitrogen and oxygen atoms in total. The van der Waals surface area contributed by atoms with Gasteiger partial charge in [-0.25, -0.2) is 0 Å². The summed E-state index contributed by atoms with van der Waals surface area (Å²) in [5, 5.41) is 8.35. The largest absolute Gasteiger partial charge is 0.479 e. The molecule has 2 atom stereocenters. The van der Waals surface area contributed by atoms with Crippen molar-refractivity contribution < 1.29 is 23.8 Å². The van der Waals surface area contributed by atoms with Crippen LogP contribution >= 0.6 is 24.0 Å². The van der Waals surface area contributed by atoms with E-state index in [4.69, 9.17) is 31.7 Å². The SMILES string of the molecule is CCOC(=S)S[C@H]1[C@H](CC#N)CC1(C(=O)OC)C(=O)OC. The quantitative estimate of drug-likeness (QED) is 0.427. The lowest BCUT2D eigenvalue weighted by Crippen LogP contribution is -2.61. The van der Waals surface area contributed by atoms with Crippen LogP contribution in [-0.4, -0.2) is 42.4 Å². The number of hydrogen-bond acceptors (Lipinski definition) is 8. The van der Waals surface area contributed by atoms with Gasteiger partial charge in [-0.05, 0) is 31.5 Å². The Labute approximate surface area is 133 Å². The van der Waals surface area contributed by atoms with E-state index in [1.807, 2.05) is 0 Å². The van der Waals surface area contributed by atoms with E-state index in [9.17, 15) is 9.59 Å². The predicted octanol–water partition coefficient (Wildman–Crippen LogP) is 1.68. The van der Waals surface area contributed by atoms with Crippen molar-refractivity contribution in [3.05, 3.63) is 0 Å². The van der Waals surface area contributed by atoms with Crippen LogP contribution in [0.25, 0.3) is 0 Å². The molecule has 0 amide bonds. The Kier molecular flexibility index (Phi) is 6.42. The number of esters is 2. The van der Waals surface area contributed by atoms with Crippen LogP contribution in [0, 0.1) is 22.7 Å². The van der Waals surface area contributed by atoms with Crippen LogP contribution in [0.3, 0.4) is 0 Å². The molecule has 0 aliphatic heterocycles. The molecule has 0 bridgehead atoms. The molecule has 0 aromatic carbocycles. The van der Waals surface area contributed by atoms with Crippen LogP contribution in [0.5, 0.6) is 0 Å². The number of methoxy groups -OCH3 is 2. The number of rotatable bonds is 5. The summed E-state index contributed by atoms with van der Waals surface area (Å²) in [7, 11) is 2.43. The molecule has 1 rings (SSSR count). The minimum atomic E-state index is -1.42. The highest BCUT2D eigenvalue weighted by atomic mass is 32.2. The van der Waals surface area contributed by atoms with Crippen LogP contribution in [-0.2, 0) is 23.8 Å². The Balaban J connectivity index is 3.05. The Bertz CT molecular complexity index is 458. The molecule has 116 valence electrons. The van der Waals surface area contributed by atoms with Gasteiger partial charge < -0.3 is 14.2 Å². The van der Waals surface area contributed by atoms with E-state index in [2.05, 4.69) is 6.07 Å². The normalized spacial score (nSPS) is 22.4. The van der Waals surface area contributed by atoms with Crippen LogP contribution in [0.1, 0.15) is 19.8 Å². The fourth-order valence-electron chi connectivity index (χ4n) is 2.47. The van der Waals surface area contributed by atoms with Gasteiger partial charge in [-0.3, -0.25) is 9.59 Å². The molecule has 1 aliphatic rings. The number of thioether (sulfide) groups is 1. The molecule has 1 aliphatic carbocycles. The first-order chi connectivity index (χ1) is 9.97. The summed E-state index contributed by atoms with van der Waals surface area (Å²) < 4.78 is 15.0. The molecule has 0 heterocycles. The smallest absolute Gasteiger partial charge is 0.324 e. The number of nitriles is 1. The second kappa shape index (κ2) is 7.61. The molecule has 0 spiro atoms. The fraction of sp³-hybridized carbons (Fsp3) is 0.692. The van der Waals surface area contributed by atoms with Gasteiger partial charge in [0.2, 0.25) is 4.38 Å². The Morgan fingerprint density at radius 1 is 1.38 bits per heavy atom. The molecule has 0 saturated heterocycles. The third-order valence-corrected chi connectivity index (χ3v) is 5.19. The van der Waals surface area contributed by atoms with Crippen molar-refractivity contribution in [1.29, 1.82) is 5.26 Å². The predicted molar refractivity (Wildman–Crippen MR) is 80.4 cm³/mol. The summed E-state index contributed by atoms with van der Waals surface area (Å²) >= 11 is 6.18. The second-order valence-electron chi connectivity index (χ2n) is 4.50. The second-order valence-corrected chi connectivity index (χ2v) is 6.25. The molecule has 8 heteroatoms. The van der Waals surface area contributed by atoms with Gasteiger partial charge in [-0.1, -0.05) is 11.8 Å². The van der Waals surface area contributed by atoms with Gasteiger partial charge in [-0.15, -0.1) is 0 Å². The first kappa shape index (κ1) is 17.7. The highest BCUT2D eigenvalue weighted by molar-refractivity contribution is 8.23. The number of nitrogens with zero attached hydrogens (tertiary/aromatic N) is 1. The molecule has 0 unspecified atom stereocenters. The van der Waals surface area contributed by atoms with Crippen molar-refractivity contribution in [2.24, 2.45) is 11.3 Å². The lowest BCUT2D eigenvalue weighted by Gasteiger charge is -2.49. The Hall–Kier alpha value is -1.33. The van der Waals surface area contributed by atoms with Crippen molar-refractivity contribution >= 4 is 40.3 Å². The fourth-order valence-corrected chi connectivity index (χ4v) is 4.17. The lowest BCUT2D eigenvalue weighted by atomic mass is 9.60. The van der Waals surface area contributed by atoms with E-state index in [0.29, 0.717) is 6.61 Å². The Morgan fingerprint density at radius 3 is 2.38 bits per heavy atom. The number of ether oxygens (including phenoxy) is 3. The number of thiocarbonyl (C=S) groups is 1. The number of carbonyl (C=O) groups is 2. The van der Waals surface area contributed by atoms with E-state index in [-0.39, 0.29) is 23.1 Å². The van der Waals surface area contributed by atoms with E-state index in [0.717, 1.165) is 11.8 Å². The van der Waals surface area contributed by atoms with Crippen LogP contribution in [0.2, 0.25) is 0 Å². The summed E-state index contributed by atoms with van der Waals surface area (Å²) in [6.45, 7) is 2.18. The van der Waals surface area contributed by atoms with E-state index in [1.165, 1.54) is 14.2 Å². The van der Waals surface area contributed by atoms with E-state index >= 15 is 0 Å². The van der Waals surface area contributed by atoms with Crippen molar-refractivity contribution in [1.82, 2.24) is 0 Å². The molecule has 0 radical (unpaired) electrons. The van der Waals surface area contributed by atoms with Crippen molar-refractivity contribution in [3.63, 3.8) is 0 Å². The van der Waals surface area contributed by atoms with Crippen molar-refractivity contribution in [3.8, 4) is 6.07 Å². The minimum Gasteiger partial charge on any atom is -0.479 e. The van der Waals surface area contributed by atoms with Gasteiger partial charge >= 0.3 is 11.9 Å². The summed E-state index contributed by atoms with van der Waals surface area (Å²) in [6.07, 6.45) is 0.439. The Morgan fingerprint density at radius 2 is 1.95 bits per heavy atom. The molecule has 1 fully saturated rings. The van der Waals surface area contributed by atoms with Gasteiger partial charge in [-0.2, -0.15) is 5.26 Å². The average Bonchev–Trinajstić information content (AvgIpc) is 2.47. The first-order valence-corrected chi connectivity index (χ1v) is 7.63. The van der Waals surface area contributed by atoms with Crippen LogP contribution in [0.15, 0.2) is 0 Å². The van der Waals surface area contributed by atoms with Crippen LogP contribution in [0.4, 0.5) is 0 Å². The molecule has 21 heavy (non-hydrogen) atoms. The topological polar surface area (TPSA) is 85.6 Å². The van der Waals surface area contributed by atoms with Crippen LogP contribution < -0.4 is 0 Å². The summed E-state index contributed by atoms with van der Waals surface area (Å²) in [5.41, 5.74) is -1.42. The molecule has 1 saturated carbocycles. The highest BCUT2D eigenvalue weighted by Gasteiger charge is 2.66. The van der Waals surface area contributed by atoms with Crippen molar-refractivity contribution in [2.75, 3.05) is 20.8 Å². The third-order valence-electron chi connectivity index (χ3n) is 3.44. The third kappa shape index (κ3) is 3.30. The number of hydrogen-bond donors (Lipinski definition) is 0. The maximum absolute atomic E-state index is 12.1. The molecular formula is C13H17NO5S2. The minimum absolute atomic E-state index is 0.142. The van der Waals surface area contributed by atoms with Gasteiger partial charge in [0.25, 0.3) is 0 Å². The summed E-state index contributed by atoms with van der Waals surface area (Å²) in [6, 6.07) is 2.05. The zero-order valence-corrected chi connectivity index (χ0v) is 13.7. The van der Waals surface area contributed by atoms with E-state index in [1.54, 1.807) is 6.92 Å². The standard InChI is InChI=1S/C13H17NO5S2/c1-4-19-12(20)21-9-8(5-6-14)7-13(9,10(15)17-2)11(16)18-3/h8-9H,4-5,7H2,1-3H3/t8-,9+/m1/s1. The van der Waals surface area contributed by atoms with Crippen molar-refractivity contribution in [2.45, 2.75) is 25.0 Å². The molecule has 0 aromatic rings. The van der Waals surface area contributed by atoms with E-state index < -0.39 is 22.6 Å². The summed E-state index contributed by atoms with van der Waals surface area (Å²) in [5.74, 6) is -1.47. The van der Waals surface area contributed by atoms with Gasteiger partial charge in [0.1, 0.15) is 0 Å². The number of carbonyl (C=O) groups excluding carboxylic acids is 2. The van der Waals surface area contributed by atoms with Gasteiger partial charge in [0.05, 0.1) is 26.9 Å². The first-order valence-electron chi connectivity index (χ1n) is 6.35. The highest BCUT2D eigenvalue weighted by Crippen LogP contribution is 2.55. The molecular weight excluding hydrogens is 314 g/mol. The average molecular weight is 331 g/mol. The monoisotopic (exact) mass is 331 g/mol. The maximum Gasteiger partial charge on any atom is 0.324 e.